The topological polar surface area (TPSA) is 46.5 Å². The fourth-order valence-corrected chi connectivity index (χ4v) is 0.430. The third-order valence-electron chi connectivity index (χ3n) is 0.975. The predicted octanol–water partition coefficient (Wildman–Crippen LogP) is -3.02. The molecule has 0 radical (unpaired) electrons. The summed E-state index contributed by atoms with van der Waals surface area (Å²) in [5, 5.41) is 8.11. The predicted molar refractivity (Wildman–Crippen MR) is 23.1 cm³/mol. The summed E-state index contributed by atoms with van der Waals surface area (Å²) in [6, 6.07) is 0. The Labute approximate surface area is 70.8 Å². The quantitative estimate of drug-likeness (QED) is 0.380. The summed E-state index contributed by atoms with van der Waals surface area (Å²) in [4.78, 5) is 9.86. The van der Waals surface area contributed by atoms with E-state index < -0.39 is 12.1 Å². The smallest absolute Gasteiger partial charge is 1.00 e. The second-order valence-electron chi connectivity index (χ2n) is 1.49. The Hall–Kier alpha value is 0.430. The third-order valence-corrected chi connectivity index (χ3v) is 0.975. The molecule has 1 atom stereocenters. The zero-order valence-corrected chi connectivity index (χ0v) is 6.76. The first-order valence-corrected chi connectivity index (χ1v) is 2.15. The molecule has 1 unspecified atom stereocenters. The first-order valence-electron chi connectivity index (χ1n) is 2.15. The van der Waals surface area contributed by atoms with Crippen LogP contribution in [0.1, 0.15) is 7.85 Å². The van der Waals surface area contributed by atoms with Crippen LogP contribution in [0.5, 0.6) is 0 Å². The molecule has 0 aromatic rings. The van der Waals surface area contributed by atoms with Crippen LogP contribution in [0.2, 0.25) is 0 Å². The van der Waals surface area contributed by atoms with Gasteiger partial charge in [-0.2, -0.15) is 0 Å². The van der Waals surface area contributed by atoms with Crippen LogP contribution in [0.25, 0.3) is 0 Å². The van der Waals surface area contributed by atoms with E-state index in [1.165, 1.54) is 0 Å². The summed E-state index contributed by atoms with van der Waals surface area (Å²) in [6.45, 7) is 0.608. The first-order chi connectivity index (χ1) is 3.30. The molecule has 1 heterocycles. The molecule has 1 rings (SSSR count). The molecule has 8 heavy (non-hydrogen) atoms. The van der Waals surface area contributed by atoms with Gasteiger partial charge in [0.05, 0.1) is 6.61 Å². The van der Waals surface area contributed by atoms with Gasteiger partial charge in [-0.1, -0.05) is 0 Å². The van der Waals surface area contributed by atoms with Gasteiger partial charge in [0.1, 0.15) is 0 Å². The van der Waals surface area contributed by atoms with E-state index in [9.17, 15) is 4.79 Å². The maximum atomic E-state index is 9.86. The van der Waals surface area contributed by atoms with Gasteiger partial charge >= 0.3 is 35.5 Å². The largest absolute Gasteiger partial charge is 1.00 e. The molecular formula is C4H7NaO3. The van der Waals surface area contributed by atoms with Crippen molar-refractivity contribution >= 4 is 5.97 Å². The van der Waals surface area contributed by atoms with Gasteiger partial charge in [-0.15, -0.1) is 0 Å². The Bertz CT molecular complexity index is 93.8. The minimum Gasteiger partial charge on any atom is -1.00 e. The molecule has 1 aliphatic rings. The summed E-state index contributed by atoms with van der Waals surface area (Å²) >= 11 is 0. The van der Waals surface area contributed by atoms with Crippen molar-refractivity contribution in [3.8, 4) is 0 Å². The van der Waals surface area contributed by atoms with E-state index in [1.807, 2.05) is 0 Å². The van der Waals surface area contributed by atoms with Gasteiger partial charge in [0.2, 0.25) is 0 Å². The minimum absolute atomic E-state index is 0. The van der Waals surface area contributed by atoms with Gasteiger partial charge in [-0.05, 0) is 0 Å². The van der Waals surface area contributed by atoms with Crippen molar-refractivity contribution in [1.29, 1.82) is 0 Å². The SMILES string of the molecule is O=C(O)C1CCO1.[H-].[Na+]. The Balaban J connectivity index is 0. The van der Waals surface area contributed by atoms with Gasteiger partial charge in [0.15, 0.2) is 6.10 Å². The molecule has 0 aromatic heterocycles. The number of carboxylic acids is 1. The standard InChI is InChI=1S/C4H6O3.Na.H/c5-4(6)3-1-2-7-3;;/h3H,1-2H2,(H,5,6);;/q;+1;-1. The van der Waals surface area contributed by atoms with Crippen LogP contribution >= 0.6 is 0 Å². The second-order valence-corrected chi connectivity index (χ2v) is 1.49. The monoisotopic (exact) mass is 126 g/mol. The summed E-state index contributed by atoms with van der Waals surface area (Å²) < 4.78 is 4.59. The van der Waals surface area contributed by atoms with E-state index in [4.69, 9.17) is 5.11 Å². The number of hydrogen-bond acceptors (Lipinski definition) is 2. The van der Waals surface area contributed by atoms with Gasteiger partial charge in [0, 0.05) is 6.42 Å². The fourth-order valence-electron chi connectivity index (χ4n) is 0.430. The molecular weight excluding hydrogens is 119 g/mol. The molecule has 0 aromatic carbocycles. The zero-order valence-electron chi connectivity index (χ0n) is 5.76. The molecule has 0 spiro atoms. The molecule has 0 saturated carbocycles. The number of hydrogen-bond donors (Lipinski definition) is 1. The van der Waals surface area contributed by atoms with Crippen LogP contribution in [0, 0.1) is 0 Å². The number of ether oxygens (including phenoxy) is 1. The molecule has 3 nitrogen and oxygen atoms in total. The van der Waals surface area contributed by atoms with Crippen LogP contribution < -0.4 is 29.6 Å². The molecule has 1 aliphatic heterocycles. The number of aliphatic carboxylic acids is 1. The first kappa shape index (κ1) is 8.43. The number of carboxylic acid groups (broad SMARTS) is 1. The van der Waals surface area contributed by atoms with Crippen molar-refractivity contribution in [3.05, 3.63) is 0 Å². The molecule has 4 heteroatoms. The third kappa shape index (κ3) is 1.74. The van der Waals surface area contributed by atoms with E-state index in [0.717, 1.165) is 0 Å². The van der Waals surface area contributed by atoms with E-state index in [2.05, 4.69) is 4.74 Å². The maximum Gasteiger partial charge on any atom is 1.00 e. The maximum absolute atomic E-state index is 9.86. The van der Waals surface area contributed by atoms with Gasteiger partial charge < -0.3 is 11.3 Å². The Kier molecular flexibility index (Phi) is 3.64. The van der Waals surface area contributed by atoms with Crippen molar-refractivity contribution < 1.29 is 45.6 Å². The van der Waals surface area contributed by atoms with Gasteiger partial charge in [-0.25, -0.2) is 4.79 Å². The Morgan fingerprint density at radius 3 is 2.38 bits per heavy atom. The van der Waals surface area contributed by atoms with Crippen molar-refractivity contribution in [2.75, 3.05) is 6.61 Å². The molecule has 1 N–H and O–H groups in total. The Morgan fingerprint density at radius 1 is 1.88 bits per heavy atom. The average Bonchev–Trinajstić information content (AvgIpc) is 1.23. The molecule has 0 amide bonds. The average molecular weight is 126 g/mol. The summed E-state index contributed by atoms with van der Waals surface area (Å²) in [5.74, 6) is -0.841. The van der Waals surface area contributed by atoms with Crippen LogP contribution in [0.4, 0.5) is 0 Å². The van der Waals surface area contributed by atoms with Crippen LogP contribution in [-0.2, 0) is 9.53 Å². The fraction of sp³-hybridized carbons (Fsp3) is 0.750. The van der Waals surface area contributed by atoms with Crippen molar-refractivity contribution in [2.45, 2.75) is 12.5 Å². The molecule has 0 aliphatic carbocycles. The van der Waals surface area contributed by atoms with E-state index >= 15 is 0 Å². The molecule has 1 fully saturated rings. The second kappa shape index (κ2) is 3.45. The zero-order chi connectivity index (χ0) is 5.28. The summed E-state index contributed by atoms with van der Waals surface area (Å²) in [6.07, 6.45) is 0.176. The molecule has 42 valence electrons. The van der Waals surface area contributed by atoms with Crippen molar-refractivity contribution in [3.63, 3.8) is 0 Å². The summed E-state index contributed by atoms with van der Waals surface area (Å²) in [5.41, 5.74) is 0. The van der Waals surface area contributed by atoms with Crippen LogP contribution in [-0.4, -0.2) is 23.8 Å². The van der Waals surface area contributed by atoms with Crippen LogP contribution in [0.15, 0.2) is 0 Å². The number of carbonyl (C=O) groups is 1. The van der Waals surface area contributed by atoms with Crippen molar-refractivity contribution in [1.82, 2.24) is 0 Å². The van der Waals surface area contributed by atoms with Gasteiger partial charge in [-0.3, -0.25) is 0 Å². The van der Waals surface area contributed by atoms with E-state index in [-0.39, 0.29) is 31.0 Å². The number of rotatable bonds is 1. The van der Waals surface area contributed by atoms with Crippen molar-refractivity contribution in [2.24, 2.45) is 0 Å². The van der Waals surface area contributed by atoms with E-state index in [1.54, 1.807) is 0 Å². The van der Waals surface area contributed by atoms with E-state index in [0.29, 0.717) is 13.0 Å². The minimum atomic E-state index is -0.841. The normalized spacial score (nSPS) is 25.2. The molecule has 1 saturated heterocycles. The Morgan fingerprint density at radius 2 is 2.38 bits per heavy atom. The summed E-state index contributed by atoms with van der Waals surface area (Å²) in [7, 11) is 0. The van der Waals surface area contributed by atoms with Crippen LogP contribution in [0.3, 0.4) is 0 Å². The molecule has 0 bridgehead atoms. The van der Waals surface area contributed by atoms with Gasteiger partial charge in [0.25, 0.3) is 0 Å².